The molecular weight excluding hydrogens is 192 g/mol. The summed E-state index contributed by atoms with van der Waals surface area (Å²) in [4.78, 5) is 0. The van der Waals surface area contributed by atoms with Crippen LogP contribution in [0, 0.1) is 5.41 Å². The second-order valence-corrected chi connectivity index (χ2v) is 4.50. The highest BCUT2D eigenvalue weighted by atomic mass is 16.5. The van der Waals surface area contributed by atoms with Gasteiger partial charge in [0.2, 0.25) is 0 Å². The van der Waals surface area contributed by atoms with Crippen LogP contribution < -0.4 is 0 Å². The topological polar surface area (TPSA) is 38.7 Å². The fourth-order valence-electron chi connectivity index (χ4n) is 2.06. The van der Waals surface area contributed by atoms with E-state index in [1.54, 1.807) is 0 Å². The Bertz CT molecular complexity index is 172. The molecule has 1 aliphatic heterocycles. The molecule has 0 aromatic heterocycles. The average molecular weight is 216 g/mol. The predicted octanol–water partition coefficient (Wildman–Crippen LogP) is 1.98. The van der Waals surface area contributed by atoms with Gasteiger partial charge in [0, 0.05) is 25.2 Å². The molecule has 3 heteroatoms. The van der Waals surface area contributed by atoms with Crippen LogP contribution in [0.25, 0.3) is 0 Å². The monoisotopic (exact) mass is 216 g/mol. The first-order chi connectivity index (χ1) is 7.25. The van der Waals surface area contributed by atoms with Crippen molar-refractivity contribution in [2.75, 3.05) is 26.4 Å². The SMILES string of the molecule is CCCCOCCC1(CO)CCOC1C. The van der Waals surface area contributed by atoms with Crippen molar-refractivity contribution in [3.05, 3.63) is 0 Å². The molecule has 1 heterocycles. The Labute approximate surface area is 92.8 Å². The van der Waals surface area contributed by atoms with Crippen LogP contribution in [0.4, 0.5) is 0 Å². The minimum Gasteiger partial charge on any atom is -0.396 e. The summed E-state index contributed by atoms with van der Waals surface area (Å²) in [6.07, 6.45) is 4.33. The molecular formula is C12H24O3. The Balaban J connectivity index is 2.22. The second kappa shape index (κ2) is 6.46. The number of hydrogen-bond acceptors (Lipinski definition) is 3. The summed E-state index contributed by atoms with van der Waals surface area (Å²) in [7, 11) is 0. The van der Waals surface area contributed by atoms with Crippen molar-refractivity contribution in [1.82, 2.24) is 0 Å². The molecule has 2 atom stereocenters. The molecule has 0 spiro atoms. The van der Waals surface area contributed by atoms with Crippen LogP contribution in [0.1, 0.15) is 39.5 Å². The third-order valence-electron chi connectivity index (χ3n) is 3.53. The summed E-state index contributed by atoms with van der Waals surface area (Å²) >= 11 is 0. The number of ether oxygens (including phenoxy) is 2. The lowest BCUT2D eigenvalue weighted by molar-refractivity contribution is 0.000401. The standard InChI is InChI=1S/C12H24O3/c1-3-4-7-14-8-5-12(10-13)6-9-15-11(12)2/h11,13H,3-10H2,1-2H3. The van der Waals surface area contributed by atoms with Crippen LogP contribution in [0.2, 0.25) is 0 Å². The van der Waals surface area contributed by atoms with E-state index in [2.05, 4.69) is 13.8 Å². The maximum absolute atomic E-state index is 9.45. The van der Waals surface area contributed by atoms with E-state index in [4.69, 9.17) is 9.47 Å². The smallest absolute Gasteiger partial charge is 0.0626 e. The van der Waals surface area contributed by atoms with Gasteiger partial charge in [-0.05, 0) is 26.2 Å². The number of aliphatic hydroxyl groups is 1. The molecule has 0 aliphatic carbocycles. The van der Waals surface area contributed by atoms with Crippen molar-refractivity contribution in [3.8, 4) is 0 Å². The van der Waals surface area contributed by atoms with Crippen LogP contribution in [-0.2, 0) is 9.47 Å². The molecule has 0 amide bonds. The van der Waals surface area contributed by atoms with Crippen LogP contribution in [0.5, 0.6) is 0 Å². The highest BCUT2D eigenvalue weighted by Gasteiger charge is 2.40. The molecule has 0 saturated carbocycles. The minimum absolute atomic E-state index is 0.0494. The zero-order valence-electron chi connectivity index (χ0n) is 10.00. The zero-order valence-corrected chi connectivity index (χ0v) is 10.00. The molecule has 1 aliphatic rings. The summed E-state index contributed by atoms with van der Waals surface area (Å²) in [5, 5.41) is 9.45. The van der Waals surface area contributed by atoms with Crippen LogP contribution in [0.15, 0.2) is 0 Å². The van der Waals surface area contributed by atoms with Gasteiger partial charge in [0.15, 0.2) is 0 Å². The van der Waals surface area contributed by atoms with Gasteiger partial charge in [0.05, 0.1) is 12.7 Å². The maximum Gasteiger partial charge on any atom is 0.0626 e. The van der Waals surface area contributed by atoms with Crippen molar-refractivity contribution >= 4 is 0 Å². The molecule has 0 radical (unpaired) electrons. The number of aliphatic hydroxyl groups excluding tert-OH is 1. The van der Waals surface area contributed by atoms with Gasteiger partial charge in [-0.15, -0.1) is 0 Å². The van der Waals surface area contributed by atoms with Gasteiger partial charge in [-0.2, -0.15) is 0 Å². The summed E-state index contributed by atoms with van der Waals surface area (Å²) in [6, 6.07) is 0. The van der Waals surface area contributed by atoms with Crippen molar-refractivity contribution in [2.24, 2.45) is 5.41 Å². The van der Waals surface area contributed by atoms with Gasteiger partial charge in [0.1, 0.15) is 0 Å². The predicted molar refractivity (Wildman–Crippen MR) is 59.9 cm³/mol. The third-order valence-corrected chi connectivity index (χ3v) is 3.53. The highest BCUT2D eigenvalue weighted by Crippen LogP contribution is 2.37. The summed E-state index contributed by atoms with van der Waals surface area (Å²) < 4.78 is 11.1. The zero-order chi connectivity index (χ0) is 11.1. The van der Waals surface area contributed by atoms with E-state index in [-0.39, 0.29) is 18.1 Å². The van der Waals surface area contributed by atoms with Gasteiger partial charge in [-0.3, -0.25) is 0 Å². The molecule has 1 saturated heterocycles. The Morgan fingerprint density at radius 3 is 2.80 bits per heavy atom. The van der Waals surface area contributed by atoms with E-state index < -0.39 is 0 Å². The Morgan fingerprint density at radius 1 is 1.47 bits per heavy atom. The molecule has 1 N–H and O–H groups in total. The molecule has 0 bridgehead atoms. The summed E-state index contributed by atoms with van der Waals surface area (Å²) in [6.45, 7) is 6.78. The van der Waals surface area contributed by atoms with E-state index in [0.717, 1.165) is 39.1 Å². The molecule has 3 nitrogen and oxygen atoms in total. The first-order valence-corrected chi connectivity index (χ1v) is 6.05. The van der Waals surface area contributed by atoms with Crippen LogP contribution in [-0.4, -0.2) is 37.6 Å². The Kier molecular flexibility index (Phi) is 5.58. The fraction of sp³-hybridized carbons (Fsp3) is 1.00. The lowest BCUT2D eigenvalue weighted by Gasteiger charge is -2.29. The molecule has 15 heavy (non-hydrogen) atoms. The van der Waals surface area contributed by atoms with Crippen molar-refractivity contribution in [2.45, 2.75) is 45.6 Å². The average Bonchev–Trinajstić information content (AvgIpc) is 2.61. The van der Waals surface area contributed by atoms with E-state index in [1.807, 2.05) is 0 Å². The second-order valence-electron chi connectivity index (χ2n) is 4.50. The van der Waals surface area contributed by atoms with Crippen molar-refractivity contribution in [1.29, 1.82) is 0 Å². The first-order valence-electron chi connectivity index (χ1n) is 6.05. The molecule has 1 fully saturated rings. The molecule has 90 valence electrons. The number of unbranched alkanes of at least 4 members (excludes halogenated alkanes) is 1. The van der Waals surface area contributed by atoms with Gasteiger partial charge in [-0.1, -0.05) is 13.3 Å². The van der Waals surface area contributed by atoms with Crippen molar-refractivity contribution < 1.29 is 14.6 Å². The molecule has 0 aromatic rings. The van der Waals surface area contributed by atoms with E-state index in [9.17, 15) is 5.11 Å². The van der Waals surface area contributed by atoms with E-state index in [0.29, 0.717) is 0 Å². The normalized spacial score (nSPS) is 31.0. The Hall–Kier alpha value is -0.120. The van der Waals surface area contributed by atoms with Crippen molar-refractivity contribution in [3.63, 3.8) is 0 Å². The van der Waals surface area contributed by atoms with Gasteiger partial charge < -0.3 is 14.6 Å². The molecule has 2 unspecified atom stereocenters. The third kappa shape index (κ3) is 3.44. The lowest BCUT2D eigenvalue weighted by Crippen LogP contribution is -2.34. The van der Waals surface area contributed by atoms with Gasteiger partial charge in [-0.25, -0.2) is 0 Å². The van der Waals surface area contributed by atoms with Crippen LogP contribution in [0.3, 0.4) is 0 Å². The highest BCUT2D eigenvalue weighted by molar-refractivity contribution is 4.88. The number of hydrogen-bond donors (Lipinski definition) is 1. The fourth-order valence-corrected chi connectivity index (χ4v) is 2.06. The summed E-state index contributed by atoms with van der Waals surface area (Å²) in [5.41, 5.74) is -0.0494. The Morgan fingerprint density at radius 2 is 2.27 bits per heavy atom. The maximum atomic E-state index is 9.45. The first kappa shape index (κ1) is 12.9. The van der Waals surface area contributed by atoms with Gasteiger partial charge >= 0.3 is 0 Å². The summed E-state index contributed by atoms with van der Waals surface area (Å²) in [5.74, 6) is 0. The minimum atomic E-state index is -0.0494. The largest absolute Gasteiger partial charge is 0.396 e. The number of rotatable bonds is 7. The van der Waals surface area contributed by atoms with E-state index >= 15 is 0 Å². The molecule has 0 aromatic carbocycles. The lowest BCUT2D eigenvalue weighted by atomic mass is 9.80. The quantitative estimate of drug-likeness (QED) is 0.661. The van der Waals surface area contributed by atoms with Gasteiger partial charge in [0.25, 0.3) is 0 Å². The van der Waals surface area contributed by atoms with Crippen LogP contribution >= 0.6 is 0 Å². The van der Waals surface area contributed by atoms with E-state index in [1.165, 1.54) is 6.42 Å². The molecule has 1 rings (SSSR count).